The van der Waals surface area contributed by atoms with Crippen LogP contribution >= 0.6 is 11.6 Å². The summed E-state index contributed by atoms with van der Waals surface area (Å²) in [6.07, 6.45) is 11.9. The van der Waals surface area contributed by atoms with E-state index in [1.165, 1.54) is 31.8 Å². The molecule has 8 heterocycles. The average Bonchev–Trinajstić information content (AvgIpc) is 0.778. The third-order valence-corrected chi connectivity index (χ3v) is 21.8. The van der Waals surface area contributed by atoms with E-state index in [2.05, 4.69) is 64.5 Å². The van der Waals surface area contributed by atoms with Crippen LogP contribution in [0.5, 0.6) is 0 Å². The van der Waals surface area contributed by atoms with Gasteiger partial charge in [-0.1, -0.05) is 30.7 Å². The number of aromatic carboxylic acids is 1. The fraction of sp³-hybridized carbons (Fsp3) is 0.372. The third-order valence-electron chi connectivity index (χ3n) is 19.8. The summed E-state index contributed by atoms with van der Waals surface area (Å²) < 4.78 is 28.6. The number of aryl methyl sites for hydroxylation is 13. The molecule has 0 bridgehead atoms. The highest BCUT2D eigenvalue weighted by molar-refractivity contribution is 7.91. The molecule has 0 aliphatic heterocycles. The lowest BCUT2D eigenvalue weighted by molar-refractivity contribution is 0.0591. The van der Waals surface area contributed by atoms with Gasteiger partial charge in [0.15, 0.2) is 38.8 Å². The summed E-state index contributed by atoms with van der Waals surface area (Å²) in [6, 6.07) is 20.8. The van der Waals surface area contributed by atoms with E-state index in [-0.39, 0.29) is 57.4 Å². The van der Waals surface area contributed by atoms with Crippen molar-refractivity contribution in [1.82, 2.24) is 59.8 Å². The molecule has 0 amide bonds. The predicted molar refractivity (Wildman–Crippen MR) is 383 cm³/mol. The summed E-state index contributed by atoms with van der Waals surface area (Å²) in [5, 5.41) is 9.46. The van der Waals surface area contributed by atoms with E-state index in [4.69, 9.17) is 16.7 Å². The third kappa shape index (κ3) is 15.8. The number of aromatic nitrogens is 12. The number of carbonyl (C=O) groups is 7. The van der Waals surface area contributed by atoms with E-state index in [0.29, 0.717) is 107 Å². The maximum atomic E-state index is 13.4. The number of carbonyl (C=O) groups excluding carboxylic acids is 6. The van der Waals surface area contributed by atoms with Crippen molar-refractivity contribution in [2.45, 2.75) is 181 Å². The zero-order valence-electron chi connectivity index (χ0n) is 60.2. The molecule has 1 N–H and O–H groups in total. The van der Waals surface area contributed by atoms with E-state index < -0.39 is 43.4 Å². The Kier molecular flexibility index (Phi) is 21.9. The minimum absolute atomic E-state index is 0.0230. The Morgan fingerprint density at radius 2 is 0.786 bits per heavy atom. The van der Waals surface area contributed by atoms with Gasteiger partial charge in [0.2, 0.25) is 0 Å². The zero-order valence-corrected chi connectivity index (χ0v) is 61.8. The Balaban J connectivity index is 0.000000151. The van der Waals surface area contributed by atoms with Crippen molar-refractivity contribution >= 4 is 62.3 Å². The zero-order chi connectivity index (χ0) is 74.8. The number of nitrogens with zero attached hydrogens (tertiary/aromatic N) is 12. The van der Waals surface area contributed by atoms with Crippen molar-refractivity contribution in [3.05, 3.63) is 239 Å². The summed E-state index contributed by atoms with van der Waals surface area (Å²) in [5.74, 6) is 0.912. The number of ketones is 5. The number of hydrogen-bond donors (Lipinski definition) is 1. The summed E-state index contributed by atoms with van der Waals surface area (Å²) >= 11 is 5.91. The van der Waals surface area contributed by atoms with Crippen LogP contribution in [0.1, 0.15) is 236 Å². The summed E-state index contributed by atoms with van der Waals surface area (Å²) in [6.45, 7) is 24.2. The molecule has 4 unspecified atom stereocenters. The van der Waals surface area contributed by atoms with Gasteiger partial charge in [-0.2, -0.15) is 0 Å². The van der Waals surface area contributed by atoms with E-state index in [1.807, 2.05) is 107 Å². The van der Waals surface area contributed by atoms with Gasteiger partial charge in [0.05, 0.1) is 62.2 Å². The van der Waals surface area contributed by atoms with Crippen molar-refractivity contribution in [3.63, 3.8) is 0 Å². The first-order valence-corrected chi connectivity index (χ1v) is 35.9. The molecule has 8 aromatic heterocycles. The van der Waals surface area contributed by atoms with Crippen molar-refractivity contribution in [2.75, 3.05) is 12.9 Å². The maximum absolute atomic E-state index is 13.4. The molecule has 23 nitrogen and oxygen atoms in total. The number of pyridine rings is 4. The number of rotatable bonds is 12. The maximum Gasteiger partial charge on any atom is 0.356 e. The number of carboxylic acid groups (broad SMARTS) is 1. The van der Waals surface area contributed by atoms with Crippen LogP contribution < -0.4 is 0 Å². The lowest BCUT2D eigenvalue weighted by Crippen LogP contribution is -2.38. The molecule has 9 aromatic rings. The monoisotopic (exact) mass is 1430 g/mol. The van der Waals surface area contributed by atoms with Crippen LogP contribution in [0.25, 0.3) is 0 Å². The van der Waals surface area contributed by atoms with Crippen molar-refractivity contribution in [1.29, 1.82) is 0 Å². The summed E-state index contributed by atoms with van der Waals surface area (Å²) in [5.41, 5.74) is 10.5. The first kappa shape index (κ1) is 75.3. The number of benzene rings is 1. The molecule has 0 fully saturated rings. The Morgan fingerprint density at radius 3 is 1.13 bits per heavy atom. The number of hydrogen-bond acceptors (Lipinski definition) is 22. The van der Waals surface area contributed by atoms with Gasteiger partial charge in [0.25, 0.3) is 0 Å². The number of ether oxygens (including phenoxy) is 1. The normalized spacial score (nSPS) is 19.5. The lowest BCUT2D eigenvalue weighted by atomic mass is 9.70. The van der Waals surface area contributed by atoms with Crippen molar-refractivity contribution < 1.29 is 51.8 Å². The van der Waals surface area contributed by atoms with Gasteiger partial charge in [-0.05, 0) is 229 Å². The van der Waals surface area contributed by atoms with Crippen LogP contribution in [0.15, 0.2) is 102 Å². The lowest BCUT2D eigenvalue weighted by Gasteiger charge is -2.33. The molecule has 0 spiro atoms. The van der Waals surface area contributed by atoms with Gasteiger partial charge in [0.1, 0.15) is 45.5 Å². The topological polar surface area (TPSA) is 338 Å². The molecule has 25 heteroatoms. The Morgan fingerprint density at radius 1 is 0.466 bits per heavy atom. The minimum Gasteiger partial charge on any atom is -0.477 e. The number of methoxy groups -OCH3 is 1. The number of carboxylic acids is 1. The van der Waals surface area contributed by atoms with Gasteiger partial charge < -0.3 is 9.84 Å². The van der Waals surface area contributed by atoms with Crippen molar-refractivity contribution in [3.8, 4) is 0 Å². The second-order valence-electron chi connectivity index (χ2n) is 27.5. The highest BCUT2D eigenvalue weighted by Gasteiger charge is 2.46. The molecule has 4 aliphatic rings. The second kappa shape index (κ2) is 29.9. The number of halogens is 1. The van der Waals surface area contributed by atoms with Crippen LogP contribution in [0, 0.1) is 55.4 Å². The van der Waals surface area contributed by atoms with Gasteiger partial charge >= 0.3 is 11.9 Å². The van der Waals surface area contributed by atoms with E-state index >= 15 is 0 Å². The molecule has 0 saturated carbocycles. The smallest absolute Gasteiger partial charge is 0.356 e. The first-order chi connectivity index (χ1) is 48.6. The fourth-order valence-electron chi connectivity index (χ4n) is 13.7. The second-order valence-corrected chi connectivity index (χ2v) is 30.2. The molecule has 532 valence electrons. The van der Waals surface area contributed by atoms with Gasteiger partial charge in [-0.3, -0.25) is 29.0 Å². The number of esters is 1. The highest BCUT2D eigenvalue weighted by Crippen LogP contribution is 2.42. The molecule has 4 atom stereocenters. The molecule has 0 radical (unpaired) electrons. The Bertz CT molecular complexity index is 4990. The van der Waals surface area contributed by atoms with E-state index in [0.717, 1.165) is 80.5 Å². The number of sulfone groups is 1. The molecular formula is C78H81ClN12O11S. The van der Waals surface area contributed by atoms with Crippen LogP contribution in [0.2, 0.25) is 5.15 Å². The van der Waals surface area contributed by atoms with Crippen LogP contribution in [0.3, 0.4) is 0 Å². The van der Waals surface area contributed by atoms with Crippen LogP contribution in [-0.2, 0) is 68.3 Å². The van der Waals surface area contributed by atoms with Crippen molar-refractivity contribution in [2.24, 2.45) is 0 Å². The van der Waals surface area contributed by atoms with Crippen LogP contribution in [-0.4, -0.2) is 127 Å². The van der Waals surface area contributed by atoms with Crippen LogP contribution in [0.4, 0.5) is 0 Å². The molecule has 0 saturated heterocycles. The molecule has 13 rings (SSSR count). The Hall–Kier alpha value is -10.3. The summed E-state index contributed by atoms with van der Waals surface area (Å²) in [7, 11) is -1.93. The van der Waals surface area contributed by atoms with E-state index in [9.17, 15) is 42.0 Å². The highest BCUT2D eigenvalue weighted by atomic mass is 35.5. The SMILES string of the molecule is CCS(=O)(=O)c1ccc(CCC(=O)c2cc3c(cn2)C(=O)C(C)(c2cc(C)nc(C)n2)CC3)cc1.COC(=O)c1cc2c(cn1)C(=O)C(C)(c1cc(C)nc(C)n1)CC2.Cc1cc(C2(C)CCc3cc(C(=O)O)ncc3C2=O)nc(C)n1.Cc1cc(C2(C)CCc3cc(Cl)ncc3C2=O)nc(C)n1. The quantitative estimate of drug-likeness (QED) is 0.0674. The minimum atomic E-state index is -3.24. The van der Waals surface area contributed by atoms with Gasteiger partial charge in [-0.25, -0.2) is 72.8 Å². The number of Topliss-reactive ketones (excluding diaryl/α,β-unsaturated/α-hetero) is 5. The summed E-state index contributed by atoms with van der Waals surface area (Å²) in [4.78, 5) is 140. The van der Waals surface area contributed by atoms with E-state index in [1.54, 1.807) is 55.6 Å². The van der Waals surface area contributed by atoms with Gasteiger partial charge in [-0.15, -0.1) is 0 Å². The fourth-order valence-corrected chi connectivity index (χ4v) is 14.7. The molecule has 4 aliphatic carbocycles. The molecule has 1 aromatic carbocycles. The largest absolute Gasteiger partial charge is 0.477 e. The predicted octanol–water partition coefficient (Wildman–Crippen LogP) is 12.0. The van der Waals surface area contributed by atoms with Gasteiger partial charge in [0, 0.05) is 76.2 Å². The molecule has 103 heavy (non-hydrogen) atoms. The average molecular weight is 1430 g/mol. The molecular weight excluding hydrogens is 1350 g/mol. The standard InChI is InChI=1S/C27H29N3O4S.C18H19N3O3.C17H17N3O3.C16H16ClN3O/c1-5-35(33,34)21-9-6-19(7-10-21)8-11-24(31)23-15-20-12-13-27(4,26(32)22(20)16-28-23)25-14-17(2)29-18(3)30-25;1-10-7-15(21-11(2)20-10)18(3)6-5-12-8-14(17(23)24-4)19-9-13(12)16(18)22;1-9-6-14(20-10(2)19-9)17(3)5-4-11-7-13(16(22)23)18-8-12(11)15(17)21;1-9-6-13(20-10(2)19-9)16(3)5-4-11-7-14(17)18-8-12(11)15(16)21/h6-7,9-10,14-16H,5,8,11-13H2,1-4H3;7-9H,5-6H2,1-4H3;6-8H,4-5H2,1-3H3,(H,22,23);6-8H,4-5H2,1-3H3. The Labute approximate surface area is 603 Å². The first-order valence-electron chi connectivity index (χ1n) is 33.9. The number of fused-ring (bicyclic) bond motifs is 4.